The topological polar surface area (TPSA) is 92.5 Å². The van der Waals surface area contributed by atoms with Crippen LogP contribution in [0.3, 0.4) is 0 Å². The molecule has 1 amide bonds. The van der Waals surface area contributed by atoms with Gasteiger partial charge >= 0.3 is 0 Å². The number of hydrogen-bond acceptors (Lipinski definition) is 4. The van der Waals surface area contributed by atoms with Crippen molar-refractivity contribution in [2.24, 2.45) is 0 Å². The average Bonchev–Trinajstić information content (AvgIpc) is 2.32. The van der Waals surface area contributed by atoms with Crippen LogP contribution in [0.25, 0.3) is 0 Å². The van der Waals surface area contributed by atoms with Crippen molar-refractivity contribution in [2.75, 3.05) is 5.32 Å². The van der Waals surface area contributed by atoms with Gasteiger partial charge in [0.2, 0.25) is 5.91 Å². The van der Waals surface area contributed by atoms with Crippen LogP contribution in [0.1, 0.15) is 6.92 Å². The monoisotopic (exact) mass is 248 g/mol. The minimum Gasteiger partial charge on any atom is -0.506 e. The molecular formula is C12H12N2O4. The molecule has 0 aliphatic heterocycles. The van der Waals surface area contributed by atoms with E-state index in [1.807, 2.05) is 0 Å². The summed E-state index contributed by atoms with van der Waals surface area (Å²) in [5.74, 6) is -0.711. The van der Waals surface area contributed by atoms with E-state index in [2.05, 4.69) is 5.32 Å². The Balaban J connectivity index is 2.86. The number of aromatic hydroxyl groups is 1. The highest BCUT2D eigenvalue weighted by Gasteiger charge is 2.11. The lowest BCUT2D eigenvalue weighted by Crippen LogP contribution is -2.08. The Hall–Kier alpha value is -2.63. The molecule has 2 N–H and O–H groups in total. The first-order valence-electron chi connectivity index (χ1n) is 5.12. The van der Waals surface area contributed by atoms with Gasteiger partial charge in [-0.3, -0.25) is 14.9 Å². The fourth-order valence-corrected chi connectivity index (χ4v) is 1.17. The maximum atomic E-state index is 11.4. The van der Waals surface area contributed by atoms with E-state index in [0.717, 1.165) is 18.2 Å². The first kappa shape index (κ1) is 13.4. The number of carbonyl (C=O) groups is 1. The van der Waals surface area contributed by atoms with Crippen LogP contribution in [-0.2, 0) is 4.79 Å². The Morgan fingerprint density at radius 2 is 2.17 bits per heavy atom. The van der Waals surface area contributed by atoms with Crippen molar-refractivity contribution < 1.29 is 14.8 Å². The molecule has 0 heterocycles. The number of non-ortho nitro benzene ring substituents is 1. The van der Waals surface area contributed by atoms with Crippen LogP contribution in [0.15, 0.2) is 42.5 Å². The molecule has 1 rings (SSSR count). The molecule has 0 atom stereocenters. The van der Waals surface area contributed by atoms with Crippen molar-refractivity contribution in [3.8, 4) is 5.75 Å². The SMILES string of the molecule is CC=CC=CC(=O)Nc1cc([N+](=O)[O-])ccc1O. The van der Waals surface area contributed by atoms with E-state index in [9.17, 15) is 20.0 Å². The Bertz CT molecular complexity index is 521. The largest absolute Gasteiger partial charge is 0.506 e. The summed E-state index contributed by atoms with van der Waals surface area (Å²) in [7, 11) is 0. The molecule has 0 saturated heterocycles. The second-order valence-electron chi connectivity index (χ2n) is 3.33. The number of nitro groups is 1. The summed E-state index contributed by atoms with van der Waals surface area (Å²) in [5, 5.41) is 22.4. The summed E-state index contributed by atoms with van der Waals surface area (Å²) in [4.78, 5) is 21.4. The highest BCUT2D eigenvalue weighted by Crippen LogP contribution is 2.27. The van der Waals surface area contributed by atoms with Crippen LogP contribution in [0.2, 0.25) is 0 Å². The molecule has 94 valence electrons. The van der Waals surface area contributed by atoms with Crippen LogP contribution in [0.4, 0.5) is 11.4 Å². The van der Waals surface area contributed by atoms with Crippen molar-refractivity contribution in [2.45, 2.75) is 6.92 Å². The second-order valence-corrected chi connectivity index (χ2v) is 3.33. The highest BCUT2D eigenvalue weighted by molar-refractivity contribution is 6.00. The Kier molecular flexibility index (Phi) is 4.62. The van der Waals surface area contributed by atoms with Crippen LogP contribution >= 0.6 is 0 Å². The van der Waals surface area contributed by atoms with Gasteiger partial charge in [0.15, 0.2) is 0 Å². The smallest absolute Gasteiger partial charge is 0.271 e. The molecule has 0 bridgehead atoms. The number of nitro benzene ring substituents is 1. The Morgan fingerprint density at radius 3 is 2.78 bits per heavy atom. The number of phenolic OH excluding ortho intramolecular Hbond substituents is 1. The maximum absolute atomic E-state index is 11.4. The first-order valence-corrected chi connectivity index (χ1v) is 5.12. The zero-order valence-corrected chi connectivity index (χ0v) is 9.66. The molecule has 1 aromatic rings. The van der Waals surface area contributed by atoms with Crippen molar-refractivity contribution >= 4 is 17.3 Å². The van der Waals surface area contributed by atoms with Crippen LogP contribution in [0, 0.1) is 10.1 Å². The first-order chi connectivity index (χ1) is 8.54. The van der Waals surface area contributed by atoms with Crippen molar-refractivity contribution in [3.05, 3.63) is 52.6 Å². The summed E-state index contributed by atoms with van der Waals surface area (Å²) < 4.78 is 0. The molecule has 18 heavy (non-hydrogen) atoms. The van der Waals surface area contributed by atoms with Gasteiger partial charge in [-0.05, 0) is 13.0 Å². The second kappa shape index (κ2) is 6.19. The third-order valence-electron chi connectivity index (χ3n) is 2.00. The number of nitrogens with zero attached hydrogens (tertiary/aromatic N) is 1. The molecule has 6 heteroatoms. The number of nitrogens with one attached hydrogen (secondary N) is 1. The number of hydrogen-bond donors (Lipinski definition) is 2. The van der Waals surface area contributed by atoms with Gasteiger partial charge in [0, 0.05) is 18.2 Å². The Labute approximate surface area is 103 Å². The van der Waals surface area contributed by atoms with E-state index >= 15 is 0 Å². The summed E-state index contributed by atoms with van der Waals surface area (Å²) >= 11 is 0. The number of carbonyl (C=O) groups excluding carboxylic acids is 1. The molecule has 0 saturated carbocycles. The summed E-state index contributed by atoms with van der Waals surface area (Å²) in [5.41, 5.74) is -0.208. The van der Waals surface area contributed by atoms with E-state index in [1.54, 1.807) is 19.1 Å². The molecule has 0 aromatic heterocycles. The lowest BCUT2D eigenvalue weighted by Gasteiger charge is -2.04. The van der Waals surface area contributed by atoms with Crippen LogP contribution in [-0.4, -0.2) is 15.9 Å². The third-order valence-corrected chi connectivity index (χ3v) is 2.00. The molecule has 0 radical (unpaired) electrons. The molecule has 0 aliphatic carbocycles. The summed E-state index contributed by atoms with van der Waals surface area (Å²) in [6.07, 6.45) is 6.17. The zero-order valence-electron chi connectivity index (χ0n) is 9.66. The van der Waals surface area contributed by atoms with Gasteiger partial charge in [0.05, 0.1) is 10.6 Å². The summed E-state index contributed by atoms with van der Waals surface area (Å²) in [6, 6.07) is 3.40. The quantitative estimate of drug-likeness (QED) is 0.281. The van der Waals surface area contributed by atoms with Gasteiger partial charge in [-0.2, -0.15) is 0 Å². The van der Waals surface area contributed by atoms with Gasteiger partial charge in [-0.25, -0.2) is 0 Å². The normalized spacial score (nSPS) is 10.9. The maximum Gasteiger partial charge on any atom is 0.271 e. The lowest BCUT2D eigenvalue weighted by molar-refractivity contribution is -0.384. The molecule has 1 aromatic carbocycles. The predicted molar refractivity (Wildman–Crippen MR) is 67.3 cm³/mol. The van der Waals surface area contributed by atoms with Gasteiger partial charge < -0.3 is 10.4 Å². The number of anilines is 1. The number of phenols is 1. The zero-order chi connectivity index (χ0) is 13.5. The van der Waals surface area contributed by atoms with Crippen LogP contribution in [0.5, 0.6) is 5.75 Å². The third kappa shape index (κ3) is 3.75. The molecular weight excluding hydrogens is 236 g/mol. The van der Waals surface area contributed by atoms with E-state index < -0.39 is 10.8 Å². The van der Waals surface area contributed by atoms with Gasteiger partial charge in [0.25, 0.3) is 5.69 Å². The molecule has 0 spiro atoms. The van der Waals surface area contributed by atoms with Crippen molar-refractivity contribution in [1.82, 2.24) is 0 Å². The van der Waals surface area contributed by atoms with E-state index in [4.69, 9.17) is 0 Å². The average molecular weight is 248 g/mol. The van der Waals surface area contributed by atoms with E-state index in [0.29, 0.717) is 0 Å². The number of rotatable bonds is 4. The van der Waals surface area contributed by atoms with Gasteiger partial charge in [-0.15, -0.1) is 0 Å². The van der Waals surface area contributed by atoms with Crippen molar-refractivity contribution in [3.63, 3.8) is 0 Å². The number of benzene rings is 1. The fourth-order valence-electron chi connectivity index (χ4n) is 1.17. The molecule has 6 nitrogen and oxygen atoms in total. The highest BCUT2D eigenvalue weighted by atomic mass is 16.6. The molecule has 0 fully saturated rings. The van der Waals surface area contributed by atoms with Crippen molar-refractivity contribution in [1.29, 1.82) is 0 Å². The fraction of sp³-hybridized carbons (Fsp3) is 0.0833. The minimum absolute atomic E-state index is 0.000622. The number of allylic oxidation sites excluding steroid dienone is 3. The van der Waals surface area contributed by atoms with E-state index in [-0.39, 0.29) is 17.1 Å². The van der Waals surface area contributed by atoms with Crippen LogP contribution < -0.4 is 5.32 Å². The minimum atomic E-state index is -0.606. The molecule has 0 aliphatic rings. The molecule has 0 unspecified atom stereocenters. The summed E-state index contributed by atoms with van der Waals surface area (Å²) in [6.45, 7) is 1.80. The van der Waals surface area contributed by atoms with E-state index in [1.165, 1.54) is 12.2 Å². The Morgan fingerprint density at radius 1 is 1.44 bits per heavy atom. The van der Waals surface area contributed by atoms with Gasteiger partial charge in [-0.1, -0.05) is 18.2 Å². The predicted octanol–water partition coefficient (Wildman–Crippen LogP) is 2.37. The lowest BCUT2D eigenvalue weighted by atomic mass is 10.2. The standard InChI is InChI=1S/C12H12N2O4/c1-2-3-4-5-12(16)13-10-8-9(14(17)18)6-7-11(10)15/h2-8,15H,1H3,(H,13,16). The number of amides is 1. The van der Waals surface area contributed by atoms with Gasteiger partial charge in [0.1, 0.15) is 5.75 Å².